The lowest BCUT2D eigenvalue weighted by atomic mass is 10.0. The van der Waals surface area contributed by atoms with Gasteiger partial charge in [0.2, 0.25) is 0 Å². The van der Waals surface area contributed by atoms with Gasteiger partial charge in [-0.25, -0.2) is 0 Å². The van der Waals surface area contributed by atoms with Gasteiger partial charge >= 0.3 is 0 Å². The van der Waals surface area contributed by atoms with Gasteiger partial charge in [0.05, 0.1) is 6.10 Å². The Kier molecular flexibility index (Phi) is 3.98. The maximum atomic E-state index is 9.24. The number of nitrogens with two attached hydrogens (primary N) is 1. The summed E-state index contributed by atoms with van der Waals surface area (Å²) in [5, 5.41) is 9.24. The molecule has 0 bridgehead atoms. The molecule has 0 saturated carbocycles. The number of hydrogen-bond donors (Lipinski definition) is 2. The first-order valence-electron chi connectivity index (χ1n) is 4.86. The normalized spacial score (nSPS) is 28.8. The minimum atomic E-state index is -0.225. The summed E-state index contributed by atoms with van der Waals surface area (Å²) < 4.78 is 0. The summed E-state index contributed by atoms with van der Waals surface area (Å²) in [4.78, 5) is 2.31. The van der Waals surface area contributed by atoms with Crippen molar-refractivity contribution in [3.63, 3.8) is 0 Å². The predicted molar refractivity (Wildman–Crippen MR) is 49.9 cm³/mol. The molecule has 0 radical (unpaired) electrons. The highest BCUT2D eigenvalue weighted by Gasteiger charge is 2.21. The molecule has 0 amide bonds. The molecule has 1 heterocycles. The van der Waals surface area contributed by atoms with Crippen LogP contribution in [0.25, 0.3) is 0 Å². The van der Waals surface area contributed by atoms with Gasteiger partial charge in [0, 0.05) is 19.1 Å². The van der Waals surface area contributed by atoms with Crippen molar-refractivity contribution in [3.8, 4) is 0 Å². The highest BCUT2D eigenvalue weighted by atomic mass is 16.3. The number of hydrogen-bond acceptors (Lipinski definition) is 3. The van der Waals surface area contributed by atoms with E-state index in [0.717, 1.165) is 19.6 Å². The van der Waals surface area contributed by atoms with Crippen molar-refractivity contribution in [2.24, 2.45) is 5.73 Å². The van der Waals surface area contributed by atoms with Crippen molar-refractivity contribution in [2.45, 2.75) is 38.3 Å². The van der Waals surface area contributed by atoms with Crippen LogP contribution in [0.1, 0.15) is 26.2 Å². The molecule has 1 aliphatic heterocycles. The molecule has 0 aromatic rings. The Hall–Kier alpha value is -0.120. The first kappa shape index (κ1) is 9.96. The van der Waals surface area contributed by atoms with Gasteiger partial charge in [-0.2, -0.15) is 0 Å². The van der Waals surface area contributed by atoms with E-state index in [1.165, 1.54) is 19.3 Å². The largest absolute Gasteiger partial charge is 0.392 e. The van der Waals surface area contributed by atoms with Crippen LogP contribution in [-0.2, 0) is 0 Å². The zero-order valence-electron chi connectivity index (χ0n) is 7.87. The molecular weight excluding hydrogens is 152 g/mol. The monoisotopic (exact) mass is 172 g/mol. The SMILES string of the molecule is CC(O)CN1CCCCC1CN. The predicted octanol–water partition coefficient (Wildman–Crippen LogP) is 0.180. The molecular formula is C9H20N2O. The zero-order valence-corrected chi connectivity index (χ0v) is 7.87. The van der Waals surface area contributed by atoms with Crippen molar-refractivity contribution in [1.29, 1.82) is 0 Å². The Morgan fingerprint density at radius 3 is 2.92 bits per heavy atom. The third-order valence-corrected chi connectivity index (χ3v) is 2.52. The summed E-state index contributed by atoms with van der Waals surface area (Å²) in [6, 6.07) is 0.508. The number of nitrogens with zero attached hydrogens (tertiary/aromatic N) is 1. The second kappa shape index (κ2) is 4.80. The average Bonchev–Trinajstić information content (AvgIpc) is 2.04. The lowest BCUT2D eigenvalue weighted by Gasteiger charge is -2.35. The molecule has 0 aromatic carbocycles. The second-order valence-corrected chi connectivity index (χ2v) is 3.73. The highest BCUT2D eigenvalue weighted by Crippen LogP contribution is 2.15. The van der Waals surface area contributed by atoms with Crippen LogP contribution in [0.5, 0.6) is 0 Å². The lowest BCUT2D eigenvalue weighted by molar-refractivity contribution is 0.0795. The third-order valence-electron chi connectivity index (χ3n) is 2.52. The fourth-order valence-corrected chi connectivity index (χ4v) is 1.91. The fourth-order valence-electron chi connectivity index (χ4n) is 1.91. The van der Waals surface area contributed by atoms with E-state index in [0.29, 0.717) is 6.04 Å². The second-order valence-electron chi connectivity index (χ2n) is 3.73. The van der Waals surface area contributed by atoms with E-state index in [1.807, 2.05) is 6.92 Å². The number of β-amino-alcohol motifs (C(OH)–C–C–N with tert-alkyl or cyclic N) is 1. The van der Waals surface area contributed by atoms with Crippen molar-refractivity contribution in [2.75, 3.05) is 19.6 Å². The summed E-state index contributed by atoms with van der Waals surface area (Å²) in [6.45, 7) is 4.45. The molecule has 3 N–H and O–H groups in total. The van der Waals surface area contributed by atoms with Crippen LogP contribution in [-0.4, -0.2) is 41.8 Å². The van der Waals surface area contributed by atoms with Crippen LogP contribution in [0.15, 0.2) is 0 Å². The third kappa shape index (κ3) is 2.73. The molecule has 0 aromatic heterocycles. The summed E-state index contributed by atoms with van der Waals surface area (Å²) in [5.74, 6) is 0. The van der Waals surface area contributed by atoms with Gasteiger partial charge in [-0.05, 0) is 26.3 Å². The highest BCUT2D eigenvalue weighted by molar-refractivity contribution is 4.78. The molecule has 1 rings (SSSR count). The first-order chi connectivity index (χ1) is 5.74. The molecule has 3 heteroatoms. The Morgan fingerprint density at radius 2 is 2.33 bits per heavy atom. The molecule has 1 aliphatic rings. The van der Waals surface area contributed by atoms with E-state index in [2.05, 4.69) is 4.90 Å². The van der Waals surface area contributed by atoms with Gasteiger partial charge < -0.3 is 10.8 Å². The van der Waals surface area contributed by atoms with Gasteiger partial charge in [0.15, 0.2) is 0 Å². The van der Waals surface area contributed by atoms with Crippen LogP contribution in [0.4, 0.5) is 0 Å². The molecule has 12 heavy (non-hydrogen) atoms. The lowest BCUT2D eigenvalue weighted by Crippen LogP contribution is -2.46. The van der Waals surface area contributed by atoms with Gasteiger partial charge in [-0.1, -0.05) is 6.42 Å². The Balaban J connectivity index is 2.36. The van der Waals surface area contributed by atoms with Crippen LogP contribution in [0.2, 0.25) is 0 Å². The number of aliphatic hydroxyl groups is 1. The van der Waals surface area contributed by atoms with Gasteiger partial charge in [-0.3, -0.25) is 4.90 Å². The average molecular weight is 172 g/mol. The minimum Gasteiger partial charge on any atom is -0.392 e. The molecule has 72 valence electrons. The van der Waals surface area contributed by atoms with Crippen molar-refractivity contribution >= 4 is 0 Å². The maximum Gasteiger partial charge on any atom is 0.0639 e. The van der Waals surface area contributed by atoms with E-state index in [-0.39, 0.29) is 6.10 Å². The van der Waals surface area contributed by atoms with E-state index in [9.17, 15) is 5.11 Å². The molecule has 1 saturated heterocycles. The van der Waals surface area contributed by atoms with Gasteiger partial charge in [0.25, 0.3) is 0 Å². The fraction of sp³-hybridized carbons (Fsp3) is 1.00. The smallest absolute Gasteiger partial charge is 0.0639 e. The number of aliphatic hydroxyl groups excluding tert-OH is 1. The van der Waals surface area contributed by atoms with Crippen LogP contribution in [0.3, 0.4) is 0 Å². The molecule has 0 spiro atoms. The van der Waals surface area contributed by atoms with E-state index >= 15 is 0 Å². The van der Waals surface area contributed by atoms with E-state index < -0.39 is 0 Å². The first-order valence-corrected chi connectivity index (χ1v) is 4.86. The molecule has 2 unspecified atom stereocenters. The summed E-state index contributed by atoms with van der Waals surface area (Å²) in [6.07, 6.45) is 3.52. The maximum absolute atomic E-state index is 9.24. The minimum absolute atomic E-state index is 0.225. The quantitative estimate of drug-likeness (QED) is 0.638. The van der Waals surface area contributed by atoms with Crippen molar-refractivity contribution in [1.82, 2.24) is 4.90 Å². The van der Waals surface area contributed by atoms with Gasteiger partial charge in [0.1, 0.15) is 0 Å². The Bertz CT molecular complexity index is 128. The standard InChI is InChI=1S/C9H20N2O/c1-8(12)7-11-5-3-2-4-9(11)6-10/h8-9,12H,2-7,10H2,1H3. The Morgan fingerprint density at radius 1 is 1.58 bits per heavy atom. The number of likely N-dealkylation sites (tertiary alicyclic amines) is 1. The van der Waals surface area contributed by atoms with Crippen LogP contribution >= 0.6 is 0 Å². The van der Waals surface area contributed by atoms with Crippen molar-refractivity contribution < 1.29 is 5.11 Å². The molecule has 0 aliphatic carbocycles. The molecule has 1 fully saturated rings. The number of rotatable bonds is 3. The zero-order chi connectivity index (χ0) is 8.97. The summed E-state index contributed by atoms with van der Waals surface area (Å²) in [5.41, 5.74) is 5.65. The van der Waals surface area contributed by atoms with Gasteiger partial charge in [-0.15, -0.1) is 0 Å². The van der Waals surface area contributed by atoms with E-state index in [4.69, 9.17) is 5.73 Å². The molecule has 3 nitrogen and oxygen atoms in total. The van der Waals surface area contributed by atoms with Crippen LogP contribution < -0.4 is 5.73 Å². The summed E-state index contributed by atoms with van der Waals surface area (Å²) >= 11 is 0. The van der Waals surface area contributed by atoms with Crippen LogP contribution in [0, 0.1) is 0 Å². The summed E-state index contributed by atoms with van der Waals surface area (Å²) in [7, 11) is 0. The number of piperidine rings is 1. The topological polar surface area (TPSA) is 49.5 Å². The van der Waals surface area contributed by atoms with Crippen molar-refractivity contribution in [3.05, 3.63) is 0 Å². The van der Waals surface area contributed by atoms with E-state index in [1.54, 1.807) is 0 Å². The Labute approximate surface area is 74.5 Å². The molecule has 2 atom stereocenters.